The zero-order valence-electron chi connectivity index (χ0n) is 24.5. The molecule has 0 bridgehead atoms. The summed E-state index contributed by atoms with van der Waals surface area (Å²) in [7, 11) is 0. The molecule has 0 spiro atoms. The molecule has 44 heavy (non-hydrogen) atoms. The van der Waals surface area contributed by atoms with E-state index in [4.69, 9.17) is 4.74 Å². The number of carbonyl (C=O) groups excluding carboxylic acids is 2. The SMILES string of the molecule is C=CC(=O)C(O)CCCCC(=O)Oc1ccc(N(c2ccc(-c3ccccc3)cc2)c2ccc(-c3ccccc3)cc2)cc1. The fraction of sp³-hybridized carbons (Fsp3) is 0.128. The van der Waals surface area contributed by atoms with Crippen molar-refractivity contribution < 1.29 is 19.4 Å². The maximum atomic E-state index is 12.4. The average molecular weight is 582 g/mol. The molecule has 5 aromatic rings. The van der Waals surface area contributed by atoms with Crippen molar-refractivity contribution in [2.45, 2.75) is 31.8 Å². The van der Waals surface area contributed by atoms with E-state index in [1.807, 2.05) is 48.5 Å². The van der Waals surface area contributed by atoms with Crippen LogP contribution in [0.4, 0.5) is 17.1 Å². The molecule has 0 aliphatic rings. The topological polar surface area (TPSA) is 66.8 Å². The molecule has 1 unspecified atom stereocenters. The molecule has 0 amide bonds. The van der Waals surface area contributed by atoms with Crippen LogP contribution in [0.25, 0.3) is 22.3 Å². The predicted octanol–water partition coefficient (Wildman–Crippen LogP) is 9.07. The third kappa shape index (κ3) is 7.77. The number of ether oxygens (including phenoxy) is 1. The first-order valence-corrected chi connectivity index (χ1v) is 14.8. The maximum absolute atomic E-state index is 12.4. The number of rotatable bonds is 13. The summed E-state index contributed by atoms with van der Waals surface area (Å²) in [5, 5.41) is 9.74. The lowest BCUT2D eigenvalue weighted by Crippen LogP contribution is -2.17. The van der Waals surface area contributed by atoms with Crippen molar-refractivity contribution in [1.29, 1.82) is 0 Å². The quantitative estimate of drug-likeness (QED) is 0.0650. The number of esters is 1. The molecule has 1 atom stereocenters. The van der Waals surface area contributed by atoms with E-state index in [-0.39, 0.29) is 12.4 Å². The third-order valence-electron chi connectivity index (χ3n) is 7.43. The minimum Gasteiger partial charge on any atom is -0.427 e. The second kappa shape index (κ2) is 14.8. The highest BCUT2D eigenvalue weighted by atomic mass is 16.5. The minimum atomic E-state index is -1.07. The van der Waals surface area contributed by atoms with Gasteiger partial charge in [0.15, 0.2) is 5.78 Å². The molecule has 0 fully saturated rings. The van der Waals surface area contributed by atoms with E-state index < -0.39 is 11.9 Å². The monoisotopic (exact) mass is 581 g/mol. The Balaban J connectivity index is 1.33. The number of ketones is 1. The molecule has 0 saturated heterocycles. The minimum absolute atomic E-state index is 0.199. The van der Waals surface area contributed by atoms with Crippen LogP contribution in [0.3, 0.4) is 0 Å². The Hall–Kier alpha value is -5.26. The number of carbonyl (C=O) groups is 2. The van der Waals surface area contributed by atoms with E-state index in [1.54, 1.807) is 12.1 Å². The van der Waals surface area contributed by atoms with Crippen LogP contribution in [0, 0.1) is 0 Å². The van der Waals surface area contributed by atoms with Crippen molar-refractivity contribution in [3.05, 3.63) is 146 Å². The van der Waals surface area contributed by atoms with Gasteiger partial charge in [-0.05, 0) is 96.1 Å². The van der Waals surface area contributed by atoms with Crippen LogP contribution in [0.5, 0.6) is 5.75 Å². The van der Waals surface area contributed by atoms with Gasteiger partial charge in [0.05, 0.1) is 0 Å². The standard InChI is InChI=1S/C39H35NO4/c1-2-37(41)38(42)15-9-10-16-39(43)44-36-27-25-35(26-28-36)40(33-21-17-31(18-22-33)29-11-5-3-6-12-29)34-23-19-32(20-24-34)30-13-7-4-8-14-30/h2-8,11-14,17-28,38,42H,1,9-10,15-16H2. The molecule has 0 aromatic heterocycles. The molecule has 0 heterocycles. The molecule has 0 radical (unpaired) electrons. The Morgan fingerprint density at radius 1 is 0.636 bits per heavy atom. The first-order valence-electron chi connectivity index (χ1n) is 14.8. The lowest BCUT2D eigenvalue weighted by atomic mass is 10.0. The molecule has 0 saturated carbocycles. The van der Waals surface area contributed by atoms with Gasteiger partial charge in [0, 0.05) is 23.5 Å². The lowest BCUT2D eigenvalue weighted by molar-refractivity contribution is -0.134. The first kappa shape index (κ1) is 30.2. The van der Waals surface area contributed by atoms with Gasteiger partial charge >= 0.3 is 5.97 Å². The van der Waals surface area contributed by atoms with Crippen LogP contribution in [0.15, 0.2) is 146 Å². The van der Waals surface area contributed by atoms with Crippen LogP contribution in [-0.4, -0.2) is 23.0 Å². The predicted molar refractivity (Wildman–Crippen MR) is 177 cm³/mol. The van der Waals surface area contributed by atoms with Gasteiger partial charge in [-0.2, -0.15) is 0 Å². The Kier molecular flexibility index (Phi) is 10.1. The second-order valence-corrected chi connectivity index (χ2v) is 10.5. The van der Waals surface area contributed by atoms with Crippen molar-refractivity contribution >= 4 is 28.8 Å². The zero-order chi connectivity index (χ0) is 30.7. The Morgan fingerprint density at radius 3 is 1.52 bits per heavy atom. The number of unbranched alkanes of at least 4 members (excludes halogenated alkanes) is 1. The van der Waals surface area contributed by atoms with E-state index in [2.05, 4.69) is 84.3 Å². The largest absolute Gasteiger partial charge is 0.427 e. The highest BCUT2D eigenvalue weighted by molar-refractivity contribution is 5.92. The number of hydrogen-bond acceptors (Lipinski definition) is 5. The van der Waals surface area contributed by atoms with Gasteiger partial charge < -0.3 is 14.7 Å². The smallest absolute Gasteiger partial charge is 0.311 e. The molecular formula is C39H35NO4. The molecule has 5 rings (SSSR count). The summed E-state index contributed by atoms with van der Waals surface area (Å²) < 4.78 is 5.56. The van der Waals surface area contributed by atoms with Gasteiger partial charge in [-0.3, -0.25) is 9.59 Å². The van der Waals surface area contributed by atoms with E-state index in [1.165, 1.54) is 0 Å². The number of aliphatic hydroxyl groups is 1. The molecule has 220 valence electrons. The zero-order valence-corrected chi connectivity index (χ0v) is 24.5. The molecule has 5 aromatic carbocycles. The van der Waals surface area contributed by atoms with Crippen LogP contribution in [-0.2, 0) is 9.59 Å². The number of hydrogen-bond donors (Lipinski definition) is 1. The Morgan fingerprint density at radius 2 is 1.07 bits per heavy atom. The summed E-state index contributed by atoms with van der Waals surface area (Å²) in [4.78, 5) is 26.0. The van der Waals surface area contributed by atoms with Crippen molar-refractivity contribution in [2.75, 3.05) is 4.90 Å². The molecule has 0 aliphatic heterocycles. The number of nitrogens with zero attached hydrogens (tertiary/aromatic N) is 1. The molecule has 5 heteroatoms. The fourth-order valence-electron chi connectivity index (χ4n) is 5.05. The molecular weight excluding hydrogens is 546 g/mol. The van der Waals surface area contributed by atoms with Crippen molar-refractivity contribution in [3.63, 3.8) is 0 Å². The van der Waals surface area contributed by atoms with E-state index >= 15 is 0 Å². The summed E-state index contributed by atoms with van der Waals surface area (Å²) in [6, 6.07) is 45.0. The van der Waals surface area contributed by atoms with E-state index in [9.17, 15) is 14.7 Å². The molecule has 0 aliphatic carbocycles. The molecule has 5 nitrogen and oxygen atoms in total. The average Bonchev–Trinajstić information content (AvgIpc) is 3.08. The van der Waals surface area contributed by atoms with Crippen molar-refractivity contribution in [3.8, 4) is 28.0 Å². The van der Waals surface area contributed by atoms with Gasteiger partial charge in [0.2, 0.25) is 0 Å². The van der Waals surface area contributed by atoms with Crippen molar-refractivity contribution in [1.82, 2.24) is 0 Å². The second-order valence-electron chi connectivity index (χ2n) is 10.5. The maximum Gasteiger partial charge on any atom is 0.311 e. The van der Waals surface area contributed by atoms with Crippen LogP contribution >= 0.6 is 0 Å². The first-order chi connectivity index (χ1) is 21.5. The van der Waals surface area contributed by atoms with Gasteiger partial charge in [0.25, 0.3) is 0 Å². The Bertz CT molecular complexity index is 1580. The van der Waals surface area contributed by atoms with Gasteiger partial charge in [-0.25, -0.2) is 0 Å². The summed E-state index contributed by atoms with van der Waals surface area (Å²) in [5.41, 5.74) is 7.51. The number of benzene rings is 5. The summed E-state index contributed by atoms with van der Waals surface area (Å²) in [6.45, 7) is 3.38. The van der Waals surface area contributed by atoms with Crippen LogP contribution in [0.2, 0.25) is 0 Å². The summed E-state index contributed by atoms with van der Waals surface area (Å²) in [5.74, 6) is -0.299. The fourth-order valence-corrected chi connectivity index (χ4v) is 5.05. The van der Waals surface area contributed by atoms with Gasteiger partial charge in [-0.1, -0.05) is 91.5 Å². The lowest BCUT2D eigenvalue weighted by Gasteiger charge is -2.26. The number of anilines is 3. The van der Waals surface area contributed by atoms with Crippen molar-refractivity contribution in [2.24, 2.45) is 0 Å². The molecule has 1 N–H and O–H groups in total. The van der Waals surface area contributed by atoms with Gasteiger partial charge in [0.1, 0.15) is 11.9 Å². The van der Waals surface area contributed by atoms with E-state index in [0.29, 0.717) is 25.0 Å². The highest BCUT2D eigenvalue weighted by Gasteiger charge is 2.15. The van der Waals surface area contributed by atoms with Crippen LogP contribution in [0.1, 0.15) is 25.7 Å². The normalized spacial score (nSPS) is 11.4. The third-order valence-corrected chi connectivity index (χ3v) is 7.43. The number of aliphatic hydroxyl groups excluding tert-OH is 1. The van der Waals surface area contributed by atoms with Crippen LogP contribution < -0.4 is 9.64 Å². The highest BCUT2D eigenvalue weighted by Crippen LogP contribution is 2.37. The van der Waals surface area contributed by atoms with E-state index in [0.717, 1.165) is 45.4 Å². The van der Waals surface area contributed by atoms with Gasteiger partial charge in [-0.15, -0.1) is 0 Å². The summed E-state index contributed by atoms with van der Waals surface area (Å²) >= 11 is 0. The summed E-state index contributed by atoms with van der Waals surface area (Å²) in [6.07, 6.45) is 1.60. The Labute approximate surface area is 258 Å².